The highest BCUT2D eigenvalue weighted by molar-refractivity contribution is 4.86. The van der Waals surface area contributed by atoms with Crippen LogP contribution in [0.15, 0.2) is 0 Å². The van der Waals surface area contributed by atoms with Gasteiger partial charge in [0.05, 0.1) is 6.10 Å². The van der Waals surface area contributed by atoms with Gasteiger partial charge in [0.2, 0.25) is 0 Å². The molecule has 1 atom stereocenters. The fourth-order valence-electron chi connectivity index (χ4n) is 1.92. The number of ether oxygens (including phenoxy) is 1. The van der Waals surface area contributed by atoms with E-state index in [-0.39, 0.29) is 6.10 Å². The largest absolute Gasteiger partial charge is 0.376 e. The molecule has 90 valence electrons. The maximum atomic E-state index is 5.70. The SMILES string of the molecule is CCCCN(CC(CN)OCC)C1CC1. The predicted molar refractivity (Wildman–Crippen MR) is 64.0 cm³/mol. The van der Waals surface area contributed by atoms with Crippen LogP contribution in [-0.4, -0.2) is 43.3 Å². The van der Waals surface area contributed by atoms with Gasteiger partial charge in [-0.2, -0.15) is 0 Å². The smallest absolute Gasteiger partial charge is 0.0823 e. The molecule has 0 spiro atoms. The van der Waals surface area contributed by atoms with Crippen LogP contribution < -0.4 is 5.73 Å². The van der Waals surface area contributed by atoms with Crippen molar-refractivity contribution in [1.82, 2.24) is 4.90 Å². The van der Waals surface area contributed by atoms with Crippen LogP contribution in [0.2, 0.25) is 0 Å². The molecule has 1 fully saturated rings. The zero-order chi connectivity index (χ0) is 11.1. The van der Waals surface area contributed by atoms with Gasteiger partial charge < -0.3 is 10.5 Å². The van der Waals surface area contributed by atoms with E-state index in [1.807, 2.05) is 6.92 Å². The molecule has 0 radical (unpaired) electrons. The Balaban J connectivity index is 2.27. The van der Waals surface area contributed by atoms with E-state index in [1.165, 1.54) is 32.2 Å². The molecule has 1 aliphatic carbocycles. The third kappa shape index (κ3) is 4.96. The second kappa shape index (κ2) is 7.20. The first-order chi connectivity index (χ1) is 7.31. The van der Waals surface area contributed by atoms with E-state index >= 15 is 0 Å². The summed E-state index contributed by atoms with van der Waals surface area (Å²) in [6, 6.07) is 0.825. The quantitative estimate of drug-likeness (QED) is 0.634. The highest BCUT2D eigenvalue weighted by Gasteiger charge is 2.29. The molecule has 3 nitrogen and oxygen atoms in total. The second-order valence-corrected chi connectivity index (χ2v) is 4.39. The van der Waals surface area contributed by atoms with Crippen LogP contribution in [-0.2, 0) is 4.74 Å². The molecule has 1 saturated carbocycles. The van der Waals surface area contributed by atoms with Gasteiger partial charge in [0.25, 0.3) is 0 Å². The molecule has 1 aliphatic rings. The summed E-state index contributed by atoms with van der Waals surface area (Å²) < 4.78 is 5.61. The minimum absolute atomic E-state index is 0.229. The molecule has 0 aromatic rings. The number of unbranched alkanes of at least 4 members (excludes halogenated alkanes) is 1. The molecule has 0 heterocycles. The first-order valence-electron chi connectivity index (χ1n) is 6.37. The molecule has 15 heavy (non-hydrogen) atoms. The van der Waals surface area contributed by atoms with Crippen molar-refractivity contribution in [2.75, 3.05) is 26.2 Å². The van der Waals surface area contributed by atoms with E-state index in [2.05, 4.69) is 11.8 Å². The second-order valence-electron chi connectivity index (χ2n) is 4.39. The molecular weight excluding hydrogens is 188 g/mol. The standard InChI is InChI=1S/C12H26N2O/c1-3-5-8-14(11-6-7-11)10-12(9-13)15-4-2/h11-12H,3-10,13H2,1-2H3. The molecule has 2 N–H and O–H groups in total. The molecule has 0 amide bonds. The summed E-state index contributed by atoms with van der Waals surface area (Å²) >= 11 is 0. The maximum Gasteiger partial charge on any atom is 0.0823 e. The van der Waals surface area contributed by atoms with E-state index in [9.17, 15) is 0 Å². The van der Waals surface area contributed by atoms with Gasteiger partial charge in [0.1, 0.15) is 0 Å². The lowest BCUT2D eigenvalue weighted by atomic mass is 10.2. The summed E-state index contributed by atoms with van der Waals surface area (Å²) in [5.41, 5.74) is 5.70. The molecule has 3 heteroatoms. The van der Waals surface area contributed by atoms with Crippen molar-refractivity contribution in [1.29, 1.82) is 0 Å². The number of hydrogen-bond donors (Lipinski definition) is 1. The highest BCUT2D eigenvalue weighted by atomic mass is 16.5. The van der Waals surface area contributed by atoms with Crippen LogP contribution in [0.1, 0.15) is 39.5 Å². The lowest BCUT2D eigenvalue weighted by molar-refractivity contribution is 0.0367. The number of nitrogens with zero attached hydrogens (tertiary/aromatic N) is 1. The molecule has 0 aromatic carbocycles. The molecule has 0 saturated heterocycles. The van der Waals surface area contributed by atoms with Gasteiger partial charge in [0.15, 0.2) is 0 Å². The van der Waals surface area contributed by atoms with E-state index in [4.69, 9.17) is 10.5 Å². The lowest BCUT2D eigenvalue weighted by Gasteiger charge is -2.26. The zero-order valence-corrected chi connectivity index (χ0v) is 10.2. The summed E-state index contributed by atoms with van der Waals surface area (Å²) in [5, 5.41) is 0. The van der Waals surface area contributed by atoms with Crippen molar-refractivity contribution in [3.8, 4) is 0 Å². The molecule has 1 rings (SSSR count). The van der Waals surface area contributed by atoms with E-state index in [1.54, 1.807) is 0 Å². The highest BCUT2D eigenvalue weighted by Crippen LogP contribution is 2.27. The molecular formula is C12H26N2O. The van der Waals surface area contributed by atoms with Gasteiger partial charge in [-0.05, 0) is 32.7 Å². The number of hydrogen-bond acceptors (Lipinski definition) is 3. The Kier molecular flexibility index (Phi) is 6.22. The van der Waals surface area contributed by atoms with Crippen molar-refractivity contribution >= 4 is 0 Å². The third-order valence-electron chi connectivity index (χ3n) is 2.97. The Morgan fingerprint density at radius 1 is 1.40 bits per heavy atom. The summed E-state index contributed by atoms with van der Waals surface area (Å²) in [5.74, 6) is 0. The van der Waals surface area contributed by atoms with Crippen LogP contribution in [0.3, 0.4) is 0 Å². The molecule has 0 aliphatic heterocycles. The van der Waals surface area contributed by atoms with Crippen LogP contribution in [0.25, 0.3) is 0 Å². The predicted octanol–water partition coefficient (Wildman–Crippen LogP) is 1.61. The lowest BCUT2D eigenvalue weighted by Crippen LogP contribution is -2.40. The average molecular weight is 214 g/mol. The van der Waals surface area contributed by atoms with E-state index in [0.717, 1.165) is 19.2 Å². The minimum Gasteiger partial charge on any atom is -0.376 e. The Bertz CT molecular complexity index is 160. The fourth-order valence-corrected chi connectivity index (χ4v) is 1.92. The Morgan fingerprint density at radius 2 is 2.13 bits per heavy atom. The van der Waals surface area contributed by atoms with Crippen LogP contribution in [0.5, 0.6) is 0 Å². The summed E-state index contributed by atoms with van der Waals surface area (Å²) in [6.45, 7) is 7.93. The van der Waals surface area contributed by atoms with Gasteiger partial charge in [-0.3, -0.25) is 4.90 Å². The van der Waals surface area contributed by atoms with Gasteiger partial charge in [-0.25, -0.2) is 0 Å². The van der Waals surface area contributed by atoms with Crippen LogP contribution in [0, 0.1) is 0 Å². The van der Waals surface area contributed by atoms with E-state index < -0.39 is 0 Å². The summed E-state index contributed by atoms with van der Waals surface area (Å²) in [6.07, 6.45) is 5.53. The topological polar surface area (TPSA) is 38.5 Å². The Morgan fingerprint density at radius 3 is 2.60 bits per heavy atom. The first kappa shape index (κ1) is 12.9. The summed E-state index contributed by atoms with van der Waals surface area (Å²) in [4.78, 5) is 2.57. The molecule has 1 unspecified atom stereocenters. The van der Waals surface area contributed by atoms with Crippen molar-refractivity contribution in [3.63, 3.8) is 0 Å². The average Bonchev–Trinajstić information content (AvgIpc) is 3.06. The zero-order valence-electron chi connectivity index (χ0n) is 10.2. The monoisotopic (exact) mass is 214 g/mol. The molecule has 0 aromatic heterocycles. The van der Waals surface area contributed by atoms with Crippen molar-refractivity contribution in [3.05, 3.63) is 0 Å². The van der Waals surface area contributed by atoms with Crippen molar-refractivity contribution in [2.24, 2.45) is 5.73 Å². The third-order valence-corrected chi connectivity index (χ3v) is 2.97. The van der Waals surface area contributed by atoms with Gasteiger partial charge in [0, 0.05) is 25.7 Å². The maximum absolute atomic E-state index is 5.70. The number of nitrogens with two attached hydrogens (primary N) is 1. The Hall–Kier alpha value is -0.120. The first-order valence-corrected chi connectivity index (χ1v) is 6.37. The van der Waals surface area contributed by atoms with E-state index in [0.29, 0.717) is 6.54 Å². The normalized spacial score (nSPS) is 18.4. The van der Waals surface area contributed by atoms with Crippen LogP contribution in [0.4, 0.5) is 0 Å². The van der Waals surface area contributed by atoms with Gasteiger partial charge >= 0.3 is 0 Å². The fraction of sp³-hybridized carbons (Fsp3) is 1.00. The number of rotatable bonds is 9. The van der Waals surface area contributed by atoms with Crippen molar-refractivity contribution < 1.29 is 4.74 Å². The van der Waals surface area contributed by atoms with Gasteiger partial charge in [-0.15, -0.1) is 0 Å². The minimum atomic E-state index is 0.229. The van der Waals surface area contributed by atoms with Gasteiger partial charge in [-0.1, -0.05) is 13.3 Å². The summed E-state index contributed by atoms with van der Waals surface area (Å²) in [7, 11) is 0. The molecule has 0 bridgehead atoms. The Labute approximate surface area is 94.0 Å². The van der Waals surface area contributed by atoms with Crippen molar-refractivity contribution in [2.45, 2.75) is 51.7 Å². The van der Waals surface area contributed by atoms with Crippen LogP contribution >= 0.6 is 0 Å².